The molecule has 4 rings (SSSR count). The topological polar surface area (TPSA) is 99.6 Å². The van der Waals surface area contributed by atoms with Gasteiger partial charge < -0.3 is 23.7 Å². The quantitative estimate of drug-likeness (QED) is 0.775. The zero-order valence-corrected chi connectivity index (χ0v) is 13.7. The molecule has 8 heteroatoms. The second-order valence-corrected chi connectivity index (χ2v) is 5.89. The number of ether oxygens (including phenoxy) is 2. The Balaban J connectivity index is 1.66. The number of carbonyl (C=O) groups excluding carboxylic acids is 1. The van der Waals surface area contributed by atoms with Gasteiger partial charge in [0.15, 0.2) is 22.9 Å². The van der Waals surface area contributed by atoms with E-state index in [4.69, 9.17) is 18.4 Å². The van der Waals surface area contributed by atoms with E-state index >= 15 is 0 Å². The van der Waals surface area contributed by atoms with Gasteiger partial charge in [0.1, 0.15) is 5.54 Å². The summed E-state index contributed by atoms with van der Waals surface area (Å²) in [5, 5.41) is 7.73. The number of furan rings is 1. The molecule has 0 aliphatic carbocycles. The fourth-order valence-electron chi connectivity index (χ4n) is 3.09. The normalized spacial score (nSPS) is 16.7. The van der Waals surface area contributed by atoms with E-state index in [-0.39, 0.29) is 11.7 Å². The summed E-state index contributed by atoms with van der Waals surface area (Å²) < 4.78 is 21.3. The molecule has 0 radical (unpaired) electrons. The molecular formula is C17H17N3O5. The summed E-state index contributed by atoms with van der Waals surface area (Å²) >= 11 is 0. The molecule has 1 aliphatic heterocycles. The van der Waals surface area contributed by atoms with Crippen molar-refractivity contribution in [2.45, 2.75) is 18.4 Å². The third kappa shape index (κ3) is 2.74. The molecule has 8 nitrogen and oxygen atoms in total. The molecule has 0 bridgehead atoms. The van der Waals surface area contributed by atoms with Crippen LogP contribution in [0.1, 0.15) is 29.2 Å². The lowest BCUT2D eigenvalue weighted by Crippen LogP contribution is -2.50. The van der Waals surface area contributed by atoms with Crippen LogP contribution in [0.15, 0.2) is 39.6 Å². The first-order chi connectivity index (χ1) is 12.2. The molecule has 0 spiro atoms. The van der Waals surface area contributed by atoms with Crippen LogP contribution < -0.4 is 10.1 Å². The molecule has 2 aromatic heterocycles. The smallest absolute Gasteiger partial charge is 0.287 e. The van der Waals surface area contributed by atoms with Crippen LogP contribution in [0.4, 0.5) is 0 Å². The van der Waals surface area contributed by atoms with E-state index in [0.717, 1.165) is 5.39 Å². The summed E-state index contributed by atoms with van der Waals surface area (Å²) in [5.74, 6) is 0.882. The lowest BCUT2D eigenvalue weighted by Gasteiger charge is -2.34. The molecule has 3 heterocycles. The number of rotatable bonds is 4. The van der Waals surface area contributed by atoms with Gasteiger partial charge in [-0.05, 0) is 12.1 Å². The fourth-order valence-corrected chi connectivity index (χ4v) is 3.09. The van der Waals surface area contributed by atoms with E-state index in [1.54, 1.807) is 19.2 Å². The summed E-state index contributed by atoms with van der Waals surface area (Å²) in [5.41, 5.74) is -0.193. The van der Waals surface area contributed by atoms with Crippen LogP contribution in [-0.4, -0.2) is 36.4 Å². The first-order valence-corrected chi connectivity index (χ1v) is 7.95. The van der Waals surface area contributed by atoms with E-state index in [2.05, 4.69) is 15.5 Å². The molecule has 1 N–H and O–H groups in total. The van der Waals surface area contributed by atoms with Gasteiger partial charge in [0.05, 0.1) is 7.11 Å². The van der Waals surface area contributed by atoms with Gasteiger partial charge in [-0.3, -0.25) is 4.79 Å². The number of carbonyl (C=O) groups is 1. The summed E-state index contributed by atoms with van der Waals surface area (Å²) in [4.78, 5) is 16.9. The Morgan fingerprint density at radius 2 is 2.16 bits per heavy atom. The number of amides is 1. The van der Waals surface area contributed by atoms with Crippen LogP contribution in [0, 0.1) is 0 Å². The predicted molar refractivity (Wildman–Crippen MR) is 86.3 cm³/mol. The van der Waals surface area contributed by atoms with Crippen molar-refractivity contribution in [2.75, 3.05) is 20.3 Å². The van der Waals surface area contributed by atoms with E-state index in [0.29, 0.717) is 43.2 Å². The van der Waals surface area contributed by atoms with Crippen molar-refractivity contribution in [1.82, 2.24) is 15.5 Å². The minimum atomic E-state index is -0.731. The highest BCUT2D eigenvalue weighted by molar-refractivity contribution is 5.97. The predicted octanol–water partition coefficient (Wildman–Crippen LogP) is 2.26. The number of hydrogen-bond donors (Lipinski definition) is 1. The van der Waals surface area contributed by atoms with Gasteiger partial charge in [-0.1, -0.05) is 17.3 Å². The van der Waals surface area contributed by atoms with Crippen LogP contribution in [0.5, 0.6) is 5.75 Å². The van der Waals surface area contributed by atoms with E-state index < -0.39 is 5.54 Å². The largest absolute Gasteiger partial charge is 0.493 e. The second-order valence-electron chi connectivity index (χ2n) is 5.89. The summed E-state index contributed by atoms with van der Waals surface area (Å²) in [7, 11) is 1.56. The SMILES string of the molecule is COc1cccc2cc(C(=O)NC3(c4ncon4)CCOCC3)oc12. The number of nitrogens with zero attached hydrogens (tertiary/aromatic N) is 2. The van der Waals surface area contributed by atoms with Crippen LogP contribution in [-0.2, 0) is 10.3 Å². The molecule has 1 amide bonds. The standard InChI is InChI=1S/C17H17N3O5/c1-22-12-4-2-3-11-9-13(25-14(11)12)15(21)19-17(5-7-23-8-6-17)16-18-10-24-20-16/h2-4,9-10H,5-8H2,1H3,(H,19,21). The first kappa shape index (κ1) is 15.6. The first-order valence-electron chi connectivity index (χ1n) is 7.95. The second kappa shape index (κ2) is 6.21. The fraction of sp³-hybridized carbons (Fsp3) is 0.353. The molecule has 1 aromatic carbocycles. The van der Waals surface area contributed by atoms with Crippen molar-refractivity contribution in [3.05, 3.63) is 42.2 Å². The van der Waals surface area contributed by atoms with Crippen LogP contribution in [0.25, 0.3) is 11.0 Å². The number of methoxy groups -OCH3 is 1. The molecule has 0 atom stereocenters. The van der Waals surface area contributed by atoms with Crippen LogP contribution in [0.3, 0.4) is 0 Å². The Morgan fingerprint density at radius 1 is 1.32 bits per heavy atom. The number of aromatic nitrogens is 2. The van der Waals surface area contributed by atoms with E-state index in [9.17, 15) is 4.79 Å². The summed E-state index contributed by atoms with van der Waals surface area (Å²) in [6.45, 7) is 1.01. The minimum Gasteiger partial charge on any atom is -0.493 e. The third-order valence-electron chi connectivity index (χ3n) is 4.44. The molecular weight excluding hydrogens is 326 g/mol. The molecule has 1 aliphatic rings. The molecule has 0 unspecified atom stereocenters. The number of nitrogens with one attached hydrogen (secondary N) is 1. The van der Waals surface area contributed by atoms with Crippen molar-refractivity contribution in [1.29, 1.82) is 0 Å². The van der Waals surface area contributed by atoms with Gasteiger partial charge in [0, 0.05) is 31.4 Å². The lowest BCUT2D eigenvalue weighted by molar-refractivity contribution is 0.0299. The molecule has 130 valence electrons. The number of para-hydroxylation sites is 1. The monoisotopic (exact) mass is 343 g/mol. The maximum Gasteiger partial charge on any atom is 0.287 e. The Hall–Kier alpha value is -2.87. The molecule has 1 saturated heterocycles. The number of hydrogen-bond acceptors (Lipinski definition) is 7. The van der Waals surface area contributed by atoms with Crippen molar-refractivity contribution in [2.24, 2.45) is 0 Å². The zero-order chi connectivity index (χ0) is 17.3. The molecule has 3 aromatic rings. The maximum absolute atomic E-state index is 12.8. The zero-order valence-electron chi connectivity index (χ0n) is 13.7. The number of benzene rings is 1. The van der Waals surface area contributed by atoms with E-state index in [1.165, 1.54) is 6.39 Å². The Bertz CT molecular complexity index is 881. The Kier molecular flexibility index (Phi) is 3.89. The molecule has 25 heavy (non-hydrogen) atoms. The van der Waals surface area contributed by atoms with Crippen molar-refractivity contribution in [3.63, 3.8) is 0 Å². The highest BCUT2D eigenvalue weighted by Gasteiger charge is 2.40. The molecule has 0 saturated carbocycles. The third-order valence-corrected chi connectivity index (χ3v) is 4.44. The Morgan fingerprint density at radius 3 is 2.88 bits per heavy atom. The minimum absolute atomic E-state index is 0.203. The van der Waals surface area contributed by atoms with Crippen molar-refractivity contribution >= 4 is 16.9 Å². The average Bonchev–Trinajstić information content (AvgIpc) is 3.32. The lowest BCUT2D eigenvalue weighted by atomic mass is 9.89. The highest BCUT2D eigenvalue weighted by Crippen LogP contribution is 2.32. The maximum atomic E-state index is 12.8. The summed E-state index contributed by atoms with van der Waals surface area (Å²) in [6, 6.07) is 7.18. The Labute approximate surface area is 143 Å². The van der Waals surface area contributed by atoms with Gasteiger partial charge in [-0.15, -0.1) is 0 Å². The van der Waals surface area contributed by atoms with Crippen LogP contribution in [0.2, 0.25) is 0 Å². The van der Waals surface area contributed by atoms with Gasteiger partial charge in [-0.2, -0.15) is 4.98 Å². The van der Waals surface area contributed by atoms with Crippen molar-refractivity contribution < 1.29 is 23.2 Å². The van der Waals surface area contributed by atoms with Crippen LogP contribution >= 0.6 is 0 Å². The van der Waals surface area contributed by atoms with Gasteiger partial charge >= 0.3 is 0 Å². The van der Waals surface area contributed by atoms with Gasteiger partial charge in [-0.25, -0.2) is 0 Å². The molecule has 1 fully saturated rings. The van der Waals surface area contributed by atoms with Gasteiger partial charge in [0.2, 0.25) is 6.39 Å². The number of fused-ring (bicyclic) bond motifs is 1. The average molecular weight is 343 g/mol. The summed E-state index contributed by atoms with van der Waals surface area (Å²) in [6.07, 6.45) is 2.37. The van der Waals surface area contributed by atoms with Gasteiger partial charge in [0.25, 0.3) is 5.91 Å². The van der Waals surface area contributed by atoms with Crippen molar-refractivity contribution in [3.8, 4) is 5.75 Å². The van der Waals surface area contributed by atoms with E-state index in [1.807, 2.05) is 12.1 Å². The highest BCUT2D eigenvalue weighted by atomic mass is 16.5.